The van der Waals surface area contributed by atoms with Crippen LogP contribution >= 0.6 is 15.9 Å². The molecular weight excluding hydrogens is 336 g/mol. The van der Waals surface area contributed by atoms with Crippen molar-refractivity contribution in [3.8, 4) is 5.88 Å². The van der Waals surface area contributed by atoms with E-state index >= 15 is 0 Å². The predicted octanol–water partition coefficient (Wildman–Crippen LogP) is 1.36. The zero-order chi connectivity index (χ0) is 14.7. The Balaban J connectivity index is 1.65. The van der Waals surface area contributed by atoms with E-state index in [1.807, 2.05) is 6.07 Å². The number of rotatable bonds is 3. The lowest BCUT2D eigenvalue weighted by Crippen LogP contribution is -2.47. The fraction of sp³-hybridized carbons (Fsp3) is 0.385. The zero-order valence-corrected chi connectivity index (χ0v) is 13.2. The quantitative estimate of drug-likeness (QED) is 0.827. The minimum absolute atomic E-state index is 0.582. The SMILES string of the molecule is COc1cc(N2CCN(c3ncc(Br)cn3)CC2)ncn1. The molecule has 3 rings (SSSR count). The van der Waals surface area contributed by atoms with E-state index in [-0.39, 0.29) is 0 Å². The normalized spacial score (nSPS) is 15.1. The molecule has 2 aromatic heterocycles. The molecule has 2 aromatic rings. The van der Waals surface area contributed by atoms with E-state index in [9.17, 15) is 0 Å². The summed E-state index contributed by atoms with van der Waals surface area (Å²) in [7, 11) is 1.61. The molecule has 0 N–H and O–H groups in total. The van der Waals surface area contributed by atoms with Gasteiger partial charge in [-0.2, -0.15) is 0 Å². The van der Waals surface area contributed by atoms with Crippen molar-refractivity contribution >= 4 is 27.7 Å². The van der Waals surface area contributed by atoms with E-state index in [1.165, 1.54) is 6.33 Å². The maximum Gasteiger partial charge on any atom is 0.225 e. The standard InChI is InChI=1S/C13H15BrN6O/c1-21-12-6-11(17-9-18-12)19-2-4-20(5-3-19)13-15-7-10(14)8-16-13/h6-9H,2-5H2,1H3. The monoisotopic (exact) mass is 350 g/mol. The van der Waals surface area contributed by atoms with Crippen LogP contribution in [0.3, 0.4) is 0 Å². The molecular formula is C13H15BrN6O. The Morgan fingerprint density at radius 3 is 2.33 bits per heavy atom. The maximum atomic E-state index is 5.13. The summed E-state index contributed by atoms with van der Waals surface area (Å²) in [5.41, 5.74) is 0. The van der Waals surface area contributed by atoms with Crippen LogP contribution in [0.5, 0.6) is 5.88 Å². The second-order valence-corrected chi connectivity index (χ2v) is 5.51. The summed E-state index contributed by atoms with van der Waals surface area (Å²) >= 11 is 3.35. The van der Waals surface area contributed by atoms with Gasteiger partial charge in [-0.25, -0.2) is 19.9 Å². The Kier molecular flexibility index (Phi) is 4.14. The summed E-state index contributed by atoms with van der Waals surface area (Å²) in [6.45, 7) is 3.43. The molecule has 8 heteroatoms. The van der Waals surface area contributed by atoms with E-state index in [1.54, 1.807) is 19.5 Å². The van der Waals surface area contributed by atoms with Crippen LogP contribution in [-0.4, -0.2) is 53.2 Å². The summed E-state index contributed by atoms with van der Waals surface area (Å²) < 4.78 is 6.02. The molecule has 0 aliphatic carbocycles. The highest BCUT2D eigenvalue weighted by Gasteiger charge is 2.20. The molecule has 0 saturated carbocycles. The highest BCUT2D eigenvalue weighted by atomic mass is 79.9. The van der Waals surface area contributed by atoms with Crippen LogP contribution in [-0.2, 0) is 0 Å². The number of hydrogen-bond donors (Lipinski definition) is 0. The zero-order valence-electron chi connectivity index (χ0n) is 11.6. The molecule has 0 atom stereocenters. The second kappa shape index (κ2) is 6.21. The van der Waals surface area contributed by atoms with Gasteiger partial charge in [-0.15, -0.1) is 0 Å². The van der Waals surface area contributed by atoms with Gasteiger partial charge in [-0.05, 0) is 15.9 Å². The van der Waals surface area contributed by atoms with Crippen molar-refractivity contribution in [1.29, 1.82) is 0 Å². The molecule has 0 spiro atoms. The van der Waals surface area contributed by atoms with E-state index in [4.69, 9.17) is 4.74 Å². The Bertz CT molecular complexity index is 600. The number of piperazine rings is 1. The smallest absolute Gasteiger partial charge is 0.225 e. The first kappa shape index (κ1) is 14.0. The van der Waals surface area contributed by atoms with Gasteiger partial charge in [-0.3, -0.25) is 0 Å². The Morgan fingerprint density at radius 2 is 1.67 bits per heavy atom. The lowest BCUT2D eigenvalue weighted by molar-refractivity contribution is 0.396. The highest BCUT2D eigenvalue weighted by Crippen LogP contribution is 2.19. The van der Waals surface area contributed by atoms with Gasteiger partial charge in [0.25, 0.3) is 0 Å². The topological polar surface area (TPSA) is 67.3 Å². The predicted molar refractivity (Wildman–Crippen MR) is 82.7 cm³/mol. The van der Waals surface area contributed by atoms with Gasteiger partial charge < -0.3 is 14.5 Å². The average Bonchev–Trinajstić information content (AvgIpc) is 2.56. The first-order valence-electron chi connectivity index (χ1n) is 6.60. The highest BCUT2D eigenvalue weighted by molar-refractivity contribution is 9.10. The van der Waals surface area contributed by atoms with Gasteiger partial charge in [-0.1, -0.05) is 0 Å². The number of ether oxygens (including phenoxy) is 1. The third kappa shape index (κ3) is 3.21. The molecule has 0 amide bonds. The minimum atomic E-state index is 0.582. The van der Waals surface area contributed by atoms with Crippen LogP contribution in [0.2, 0.25) is 0 Å². The van der Waals surface area contributed by atoms with Gasteiger partial charge in [0.15, 0.2) is 0 Å². The first-order chi connectivity index (χ1) is 10.3. The van der Waals surface area contributed by atoms with E-state index in [0.717, 1.165) is 42.4 Å². The van der Waals surface area contributed by atoms with Crippen LogP contribution in [0.25, 0.3) is 0 Å². The molecule has 7 nitrogen and oxygen atoms in total. The molecule has 1 aliphatic rings. The summed E-state index contributed by atoms with van der Waals surface area (Å²) in [5.74, 6) is 2.23. The molecule has 0 unspecified atom stereocenters. The largest absolute Gasteiger partial charge is 0.481 e. The first-order valence-corrected chi connectivity index (χ1v) is 7.39. The van der Waals surface area contributed by atoms with E-state index in [0.29, 0.717) is 5.88 Å². The molecule has 1 aliphatic heterocycles. The molecule has 1 fully saturated rings. The fourth-order valence-corrected chi connectivity index (χ4v) is 2.42. The van der Waals surface area contributed by atoms with Crippen LogP contribution in [0.1, 0.15) is 0 Å². The number of halogens is 1. The van der Waals surface area contributed by atoms with Gasteiger partial charge >= 0.3 is 0 Å². The van der Waals surface area contributed by atoms with Crippen molar-refractivity contribution in [3.05, 3.63) is 29.3 Å². The fourth-order valence-electron chi connectivity index (χ4n) is 2.22. The van der Waals surface area contributed by atoms with Crippen LogP contribution < -0.4 is 14.5 Å². The minimum Gasteiger partial charge on any atom is -0.481 e. The van der Waals surface area contributed by atoms with Crippen molar-refractivity contribution in [2.75, 3.05) is 43.1 Å². The third-order valence-corrected chi connectivity index (χ3v) is 3.74. The molecule has 0 bridgehead atoms. The van der Waals surface area contributed by atoms with Crippen molar-refractivity contribution in [2.45, 2.75) is 0 Å². The van der Waals surface area contributed by atoms with E-state index in [2.05, 4.69) is 45.7 Å². The van der Waals surface area contributed by atoms with Crippen molar-refractivity contribution in [1.82, 2.24) is 19.9 Å². The maximum absolute atomic E-state index is 5.13. The van der Waals surface area contributed by atoms with Gasteiger partial charge in [0.1, 0.15) is 12.1 Å². The Hall–Kier alpha value is -1.96. The van der Waals surface area contributed by atoms with Crippen molar-refractivity contribution < 1.29 is 4.74 Å². The summed E-state index contributed by atoms with van der Waals surface area (Å²) in [5, 5.41) is 0. The van der Waals surface area contributed by atoms with Gasteiger partial charge in [0, 0.05) is 44.6 Å². The van der Waals surface area contributed by atoms with Crippen molar-refractivity contribution in [2.24, 2.45) is 0 Å². The van der Waals surface area contributed by atoms with Crippen LogP contribution in [0, 0.1) is 0 Å². The lowest BCUT2D eigenvalue weighted by atomic mass is 10.3. The summed E-state index contributed by atoms with van der Waals surface area (Å²) in [6, 6.07) is 1.85. The molecule has 0 radical (unpaired) electrons. The van der Waals surface area contributed by atoms with Gasteiger partial charge in [0.05, 0.1) is 11.6 Å². The number of methoxy groups -OCH3 is 1. The lowest BCUT2D eigenvalue weighted by Gasteiger charge is -2.35. The van der Waals surface area contributed by atoms with Crippen LogP contribution in [0.4, 0.5) is 11.8 Å². The summed E-state index contributed by atoms with van der Waals surface area (Å²) in [6.07, 6.45) is 5.06. The number of hydrogen-bond acceptors (Lipinski definition) is 7. The number of anilines is 2. The summed E-state index contributed by atoms with van der Waals surface area (Å²) in [4.78, 5) is 21.4. The number of nitrogens with zero attached hydrogens (tertiary/aromatic N) is 6. The molecule has 1 saturated heterocycles. The second-order valence-electron chi connectivity index (χ2n) is 4.59. The Labute approximate surface area is 131 Å². The Morgan fingerprint density at radius 1 is 1.00 bits per heavy atom. The third-order valence-electron chi connectivity index (χ3n) is 3.33. The molecule has 21 heavy (non-hydrogen) atoms. The average molecular weight is 351 g/mol. The molecule has 3 heterocycles. The van der Waals surface area contributed by atoms with Crippen molar-refractivity contribution in [3.63, 3.8) is 0 Å². The van der Waals surface area contributed by atoms with Gasteiger partial charge in [0.2, 0.25) is 11.8 Å². The van der Waals surface area contributed by atoms with E-state index < -0.39 is 0 Å². The number of aromatic nitrogens is 4. The molecule has 0 aromatic carbocycles. The van der Waals surface area contributed by atoms with Crippen LogP contribution in [0.15, 0.2) is 29.3 Å². The molecule has 110 valence electrons.